The van der Waals surface area contributed by atoms with Crippen LogP contribution >= 0.6 is 11.3 Å². The van der Waals surface area contributed by atoms with E-state index in [1.807, 2.05) is 23.5 Å². The summed E-state index contributed by atoms with van der Waals surface area (Å²) in [6, 6.07) is 56.6. The number of para-hydroxylation sites is 2. The quantitative estimate of drug-likeness (QED) is 0.168. The maximum absolute atomic E-state index is 6.53. The second-order valence-corrected chi connectivity index (χ2v) is 18.7. The van der Waals surface area contributed by atoms with Gasteiger partial charge in [-0.1, -0.05) is 127 Å². The molecule has 0 radical (unpaired) electrons. The molecule has 4 aliphatic rings. The van der Waals surface area contributed by atoms with E-state index in [1.165, 1.54) is 69.0 Å². The van der Waals surface area contributed by atoms with Crippen molar-refractivity contribution in [3.8, 4) is 56.4 Å². The van der Waals surface area contributed by atoms with E-state index in [-0.39, 0.29) is 0 Å². The average Bonchev–Trinajstić information content (AvgIpc) is 3.87. The molecular weight excluding hydrogens is 751 g/mol. The topological polar surface area (TPSA) is 51.8 Å². The zero-order valence-corrected chi connectivity index (χ0v) is 33.9. The van der Waals surface area contributed by atoms with Gasteiger partial charge in [-0.2, -0.15) is 0 Å². The van der Waals surface area contributed by atoms with Crippen molar-refractivity contribution in [2.24, 2.45) is 23.7 Å². The molecule has 0 atom stereocenters. The molecule has 4 nitrogen and oxygen atoms in total. The summed E-state index contributed by atoms with van der Waals surface area (Å²) in [5.74, 6) is 6.32. The highest BCUT2D eigenvalue weighted by atomic mass is 32.1. The first-order chi connectivity index (χ1) is 29.7. The Morgan fingerprint density at radius 1 is 0.433 bits per heavy atom. The van der Waals surface area contributed by atoms with Crippen LogP contribution in [0.3, 0.4) is 0 Å². The van der Waals surface area contributed by atoms with Crippen molar-refractivity contribution in [2.45, 2.75) is 38.0 Å². The highest BCUT2D eigenvalue weighted by Crippen LogP contribution is 2.60. The lowest BCUT2D eigenvalue weighted by atomic mass is 9.51. The number of rotatable bonds is 6. The molecule has 10 aromatic rings. The Hall–Kier alpha value is -6.43. The molecule has 0 saturated heterocycles. The summed E-state index contributed by atoms with van der Waals surface area (Å²) in [6.45, 7) is 0. The molecule has 5 heteroatoms. The van der Waals surface area contributed by atoms with Crippen molar-refractivity contribution in [3.05, 3.63) is 163 Å². The number of aromatic nitrogens is 3. The maximum atomic E-state index is 6.53. The van der Waals surface area contributed by atoms with Crippen LogP contribution in [0.4, 0.5) is 0 Å². The first kappa shape index (κ1) is 34.4. The molecule has 7 aromatic carbocycles. The predicted octanol–water partition coefficient (Wildman–Crippen LogP) is 15.0. The molecule has 4 bridgehead atoms. The van der Waals surface area contributed by atoms with E-state index < -0.39 is 0 Å². The lowest BCUT2D eigenvalue weighted by molar-refractivity contribution is -0.00277. The second-order valence-electron chi connectivity index (χ2n) is 17.6. The molecule has 0 amide bonds. The van der Waals surface area contributed by atoms with Crippen LogP contribution in [0.15, 0.2) is 162 Å². The number of thiophene rings is 1. The first-order valence-corrected chi connectivity index (χ1v) is 22.4. The second kappa shape index (κ2) is 13.6. The van der Waals surface area contributed by atoms with Crippen LogP contribution in [0.5, 0.6) is 0 Å². The van der Waals surface area contributed by atoms with Crippen LogP contribution < -0.4 is 0 Å². The van der Waals surface area contributed by atoms with Crippen LogP contribution in [-0.2, 0) is 0 Å². The lowest BCUT2D eigenvalue weighted by Gasteiger charge is -2.54. The first-order valence-electron chi connectivity index (χ1n) is 21.6. The molecule has 3 aromatic heterocycles. The Kier molecular flexibility index (Phi) is 7.78. The number of hydrogen-bond acceptors (Lipinski definition) is 5. The van der Waals surface area contributed by atoms with Crippen LogP contribution in [0, 0.1) is 23.7 Å². The Morgan fingerprint density at radius 2 is 1.07 bits per heavy atom. The Labute approximate surface area is 352 Å². The van der Waals surface area contributed by atoms with E-state index in [0.29, 0.717) is 17.5 Å². The lowest BCUT2D eigenvalue weighted by Crippen LogP contribution is -2.43. The third-order valence-corrected chi connectivity index (χ3v) is 15.2. The van der Waals surface area contributed by atoms with Crippen LogP contribution in [0.2, 0.25) is 0 Å². The number of nitrogens with zero attached hydrogens (tertiary/aromatic N) is 3. The van der Waals surface area contributed by atoms with Crippen LogP contribution in [-0.4, -0.2) is 15.0 Å². The third kappa shape index (κ3) is 5.59. The smallest absolute Gasteiger partial charge is 0.167 e. The minimum absolute atomic E-state index is 0.591. The zero-order chi connectivity index (χ0) is 39.3. The minimum atomic E-state index is 0.591. The van der Waals surface area contributed by atoms with E-state index in [0.717, 1.165) is 73.8 Å². The predicted molar refractivity (Wildman–Crippen MR) is 247 cm³/mol. The van der Waals surface area contributed by atoms with Gasteiger partial charge in [-0.3, -0.25) is 0 Å². The molecule has 14 rings (SSSR count). The molecule has 0 aliphatic heterocycles. The fourth-order valence-electron chi connectivity index (χ4n) is 11.7. The summed E-state index contributed by atoms with van der Waals surface area (Å²) < 4.78 is 9.00. The van der Waals surface area contributed by atoms with Crippen LogP contribution in [0.25, 0.3) is 98.5 Å². The van der Waals surface area contributed by atoms with Gasteiger partial charge in [0.25, 0.3) is 0 Å². The van der Waals surface area contributed by atoms with E-state index in [4.69, 9.17) is 19.4 Å². The molecule has 4 aliphatic carbocycles. The monoisotopic (exact) mass is 791 g/mol. The fourth-order valence-corrected chi connectivity index (χ4v) is 12.9. The zero-order valence-electron chi connectivity index (χ0n) is 33.1. The van der Waals surface area contributed by atoms with Gasteiger partial charge in [0, 0.05) is 42.1 Å². The molecule has 0 N–H and O–H groups in total. The van der Waals surface area contributed by atoms with Gasteiger partial charge in [0.15, 0.2) is 17.5 Å². The third-order valence-electron chi connectivity index (χ3n) is 14.1. The highest BCUT2D eigenvalue weighted by molar-refractivity contribution is 7.26. The SMILES string of the molecule is c1ccc(-c2cccc3sc4cc(-c5nc(-c6cccc(-c7ccc(C8C9CC%10CC(C9)CC8C%10)cc7)c6)nc(-c6cccc7c6oc6ccccc67)n5)ccc4c23)cc1. The average molecular weight is 792 g/mol. The fraction of sp³-hybridized carbons (Fsp3) is 0.182. The number of benzene rings is 7. The van der Waals surface area contributed by atoms with Gasteiger partial charge in [-0.25, -0.2) is 15.0 Å². The van der Waals surface area contributed by atoms with Crippen molar-refractivity contribution in [3.63, 3.8) is 0 Å². The largest absolute Gasteiger partial charge is 0.455 e. The molecule has 0 unspecified atom stereocenters. The van der Waals surface area contributed by atoms with Crippen LogP contribution in [0.1, 0.15) is 43.6 Å². The molecule has 4 saturated carbocycles. The molecule has 3 heterocycles. The summed E-state index contributed by atoms with van der Waals surface area (Å²) in [7, 11) is 0. The van der Waals surface area contributed by atoms with E-state index in [9.17, 15) is 0 Å². The Morgan fingerprint density at radius 3 is 1.88 bits per heavy atom. The van der Waals surface area contributed by atoms with Gasteiger partial charge >= 0.3 is 0 Å². The van der Waals surface area contributed by atoms with Gasteiger partial charge < -0.3 is 4.42 Å². The van der Waals surface area contributed by atoms with Crippen molar-refractivity contribution in [1.29, 1.82) is 0 Å². The molecule has 4 fully saturated rings. The molecule has 60 heavy (non-hydrogen) atoms. The van der Waals surface area contributed by atoms with Crippen molar-refractivity contribution in [2.75, 3.05) is 0 Å². The standard InChI is InChI=1S/C55H41N3OS/c1-2-9-35(10-3-1)42-14-8-18-48-51(42)45-24-23-39(31-49(45)60-48)54-56-53(57-55(58-54)46-16-7-15-44-43-13-4-5-17-47(43)59-52(44)46)38-12-6-11-37(30-38)34-19-21-36(22-20-34)50-40-26-32-25-33(28-40)29-41(50)27-32/h1-24,30-33,40-41,50H,25-29H2. The van der Waals surface area contributed by atoms with Crippen molar-refractivity contribution >= 4 is 53.4 Å². The summed E-state index contributed by atoms with van der Waals surface area (Å²) >= 11 is 1.81. The molecule has 288 valence electrons. The van der Waals surface area contributed by atoms with Gasteiger partial charge in [-0.15, -0.1) is 11.3 Å². The minimum Gasteiger partial charge on any atom is -0.455 e. The summed E-state index contributed by atoms with van der Waals surface area (Å²) in [6.07, 6.45) is 7.25. The van der Waals surface area contributed by atoms with Gasteiger partial charge in [0.05, 0.1) is 5.56 Å². The Bertz CT molecular complexity index is 3260. The van der Waals surface area contributed by atoms with Crippen molar-refractivity contribution in [1.82, 2.24) is 15.0 Å². The summed E-state index contributed by atoms with van der Waals surface area (Å²) in [5.41, 5.74) is 10.8. The number of fused-ring (bicyclic) bond motifs is 6. The number of hydrogen-bond donors (Lipinski definition) is 0. The van der Waals surface area contributed by atoms with Gasteiger partial charge in [-0.05, 0) is 120 Å². The van der Waals surface area contributed by atoms with E-state index in [2.05, 4.69) is 146 Å². The van der Waals surface area contributed by atoms with E-state index in [1.54, 1.807) is 5.56 Å². The Balaban J connectivity index is 0.927. The van der Waals surface area contributed by atoms with Crippen molar-refractivity contribution < 1.29 is 4.42 Å². The number of furan rings is 1. The maximum Gasteiger partial charge on any atom is 0.167 e. The molecule has 0 spiro atoms. The normalized spacial score (nSPS) is 20.8. The summed E-state index contributed by atoms with van der Waals surface area (Å²) in [5, 5.41) is 4.65. The van der Waals surface area contributed by atoms with Gasteiger partial charge in [0.1, 0.15) is 11.2 Å². The van der Waals surface area contributed by atoms with Gasteiger partial charge in [0.2, 0.25) is 0 Å². The molecular formula is C55H41N3OS. The van der Waals surface area contributed by atoms with E-state index >= 15 is 0 Å². The highest BCUT2D eigenvalue weighted by Gasteiger charge is 2.48. The summed E-state index contributed by atoms with van der Waals surface area (Å²) in [4.78, 5) is 15.7.